The van der Waals surface area contributed by atoms with Crippen molar-refractivity contribution in [2.45, 2.75) is 5.22 Å². The van der Waals surface area contributed by atoms with E-state index in [1.54, 1.807) is 36.4 Å². The van der Waals surface area contributed by atoms with E-state index in [0.717, 1.165) is 17.3 Å². The van der Waals surface area contributed by atoms with Gasteiger partial charge in [-0.05, 0) is 42.0 Å². The van der Waals surface area contributed by atoms with E-state index < -0.39 is 17.6 Å². The number of ketones is 1. The number of fused-ring (bicyclic) bond motifs is 1. The number of Topliss-reactive ketones (excluding diaryl/α,β-unsaturated/α-hetero) is 1. The van der Waals surface area contributed by atoms with Crippen LogP contribution in [-0.4, -0.2) is 49.0 Å². The average molecular weight is 531 g/mol. The van der Waals surface area contributed by atoms with Crippen molar-refractivity contribution in [3.63, 3.8) is 0 Å². The number of phenolic OH excluding ortho intramolecular Hbond substituents is 1. The van der Waals surface area contributed by atoms with Crippen LogP contribution in [0.5, 0.6) is 5.75 Å². The van der Waals surface area contributed by atoms with Crippen molar-refractivity contribution in [3.8, 4) is 28.5 Å². The van der Waals surface area contributed by atoms with Crippen molar-refractivity contribution in [2.24, 2.45) is 0 Å². The molecule has 0 saturated heterocycles. The fourth-order valence-electron chi connectivity index (χ4n) is 3.89. The fourth-order valence-corrected chi connectivity index (χ4v) is 4.54. The minimum absolute atomic E-state index is 0.00702. The second-order valence-electron chi connectivity index (χ2n) is 8.03. The van der Waals surface area contributed by atoms with E-state index in [1.165, 1.54) is 16.7 Å². The molecule has 0 amide bonds. The molecule has 12 heteroatoms. The molecule has 38 heavy (non-hydrogen) atoms. The van der Waals surface area contributed by atoms with Gasteiger partial charge in [0, 0.05) is 16.5 Å². The zero-order chi connectivity index (χ0) is 26.6. The molecule has 0 aliphatic rings. The lowest BCUT2D eigenvalue weighted by Gasteiger charge is -2.09. The first-order valence-electron chi connectivity index (χ1n) is 11.2. The molecule has 0 spiro atoms. The predicted octanol–water partition coefficient (Wildman–Crippen LogP) is 4.89. The molecule has 0 unspecified atom stereocenters. The third-order valence-corrected chi connectivity index (χ3v) is 6.38. The number of benzene rings is 3. The molecule has 190 valence electrons. The molecule has 0 aliphatic carbocycles. The van der Waals surface area contributed by atoms with Gasteiger partial charge in [0.1, 0.15) is 5.75 Å². The summed E-state index contributed by atoms with van der Waals surface area (Å²) in [5, 5.41) is 28.1. The van der Waals surface area contributed by atoms with Gasteiger partial charge in [-0.2, -0.15) is 0 Å². The summed E-state index contributed by atoms with van der Waals surface area (Å²) in [5.74, 6) is -0.533. The first kappa shape index (κ1) is 24.7. The summed E-state index contributed by atoms with van der Waals surface area (Å²) in [7, 11) is 0. The van der Waals surface area contributed by atoms with Crippen LogP contribution in [0, 0.1) is 10.1 Å². The van der Waals surface area contributed by atoms with Crippen LogP contribution in [0.1, 0.15) is 15.2 Å². The molecule has 2 aromatic heterocycles. The maximum absolute atomic E-state index is 12.9. The maximum Gasteiger partial charge on any atom is 0.295 e. The van der Waals surface area contributed by atoms with E-state index in [4.69, 9.17) is 4.42 Å². The topological polar surface area (TPSA) is 151 Å². The highest BCUT2D eigenvalue weighted by molar-refractivity contribution is 7.99. The number of nitrogens with zero attached hydrogens (tertiary/aromatic N) is 4. The van der Waals surface area contributed by atoms with Crippen molar-refractivity contribution in [2.75, 3.05) is 12.4 Å². The van der Waals surface area contributed by atoms with E-state index >= 15 is 0 Å². The van der Waals surface area contributed by atoms with Crippen LogP contribution in [-0.2, 0) is 4.84 Å². The van der Waals surface area contributed by atoms with E-state index in [0.29, 0.717) is 27.7 Å². The quantitative estimate of drug-likeness (QED) is 0.121. The summed E-state index contributed by atoms with van der Waals surface area (Å²) in [4.78, 5) is 40.2. The molecule has 11 nitrogen and oxygen atoms in total. The molecular formula is C26H18N4O7S. The zero-order valence-electron chi connectivity index (χ0n) is 19.5. The van der Waals surface area contributed by atoms with Gasteiger partial charge in [-0.1, -0.05) is 54.2 Å². The van der Waals surface area contributed by atoms with Gasteiger partial charge in [0.25, 0.3) is 16.2 Å². The normalized spacial score (nSPS) is 10.9. The Hall–Kier alpha value is -4.97. The van der Waals surface area contributed by atoms with Crippen molar-refractivity contribution >= 4 is 34.4 Å². The van der Waals surface area contributed by atoms with Crippen LogP contribution in [0.25, 0.3) is 33.6 Å². The molecule has 1 N–H and O–H groups in total. The van der Waals surface area contributed by atoms with E-state index in [2.05, 4.69) is 15.0 Å². The minimum atomic E-state index is -1.01. The van der Waals surface area contributed by atoms with Crippen LogP contribution in [0.2, 0.25) is 0 Å². The van der Waals surface area contributed by atoms with Crippen LogP contribution in [0.3, 0.4) is 0 Å². The number of hydrogen-bond acceptors (Lipinski definition) is 10. The Labute approximate surface area is 218 Å². The first-order valence-corrected chi connectivity index (χ1v) is 12.2. The number of carbonyl (C=O) groups excluding carboxylic acids is 2. The lowest BCUT2D eigenvalue weighted by Crippen LogP contribution is -2.20. The highest BCUT2D eigenvalue weighted by Gasteiger charge is 2.19. The van der Waals surface area contributed by atoms with E-state index in [9.17, 15) is 24.8 Å². The zero-order valence-corrected chi connectivity index (χ0v) is 20.3. The van der Waals surface area contributed by atoms with Crippen LogP contribution in [0.4, 0.5) is 0 Å². The Morgan fingerprint density at radius 2 is 1.82 bits per heavy atom. The van der Waals surface area contributed by atoms with Crippen LogP contribution < -0.4 is 0 Å². The summed E-state index contributed by atoms with van der Waals surface area (Å²) in [6, 6.07) is 22.1. The van der Waals surface area contributed by atoms with Gasteiger partial charge >= 0.3 is 0 Å². The number of thioether (sulfide) groups is 1. The van der Waals surface area contributed by atoms with Crippen molar-refractivity contribution in [3.05, 3.63) is 94.5 Å². The lowest BCUT2D eigenvalue weighted by molar-refractivity contribution is -0.754. The molecule has 5 aromatic rings. The molecule has 0 atom stereocenters. The van der Waals surface area contributed by atoms with Gasteiger partial charge in [0.05, 0.1) is 17.0 Å². The van der Waals surface area contributed by atoms with Crippen molar-refractivity contribution in [1.29, 1.82) is 0 Å². The molecule has 0 radical (unpaired) electrons. The second-order valence-corrected chi connectivity index (χ2v) is 8.96. The van der Waals surface area contributed by atoms with Gasteiger partial charge in [0.2, 0.25) is 5.89 Å². The highest BCUT2D eigenvalue weighted by Crippen LogP contribution is 2.32. The smallest absolute Gasteiger partial charge is 0.295 e. The van der Waals surface area contributed by atoms with Crippen molar-refractivity contribution < 1.29 is 29.0 Å². The van der Waals surface area contributed by atoms with Crippen LogP contribution in [0.15, 0.2) is 88.5 Å². The van der Waals surface area contributed by atoms with Gasteiger partial charge in [-0.15, -0.1) is 20.3 Å². The molecule has 3 aromatic carbocycles. The largest absolute Gasteiger partial charge is 0.508 e. The highest BCUT2D eigenvalue weighted by atomic mass is 32.2. The molecule has 0 aliphatic heterocycles. The third-order valence-electron chi connectivity index (χ3n) is 5.56. The maximum atomic E-state index is 12.9. The fraction of sp³-hybridized carbons (Fsp3) is 0.0769. The Morgan fingerprint density at radius 3 is 2.58 bits per heavy atom. The number of aromatic hydroxyl groups is 1. The Morgan fingerprint density at radius 1 is 1.00 bits per heavy atom. The summed E-state index contributed by atoms with van der Waals surface area (Å²) in [6.07, 6.45) is 0. The standard InChI is InChI=1S/C26H18N4O7S/c31-20-8-4-7-17(12-20)23(32)15-38-26-28-27-25(37-26)18-9-10-21-19(11-18)13-22(16-5-2-1-3-6-16)29(21)24(33)14-36-30(34)35/h1-13,31H,14-15H2. The second kappa shape index (κ2) is 10.6. The Balaban J connectivity index is 1.41. The van der Waals surface area contributed by atoms with Gasteiger partial charge in [-0.3, -0.25) is 14.2 Å². The van der Waals surface area contributed by atoms with Gasteiger partial charge < -0.3 is 14.4 Å². The third kappa shape index (κ3) is 5.25. The van der Waals surface area contributed by atoms with Crippen molar-refractivity contribution in [1.82, 2.24) is 14.8 Å². The Bertz CT molecular complexity index is 1660. The number of phenols is 1. The molecule has 0 bridgehead atoms. The lowest BCUT2D eigenvalue weighted by atomic mass is 10.1. The van der Waals surface area contributed by atoms with E-state index in [-0.39, 0.29) is 28.4 Å². The summed E-state index contributed by atoms with van der Waals surface area (Å²) < 4.78 is 7.11. The monoisotopic (exact) mass is 530 g/mol. The number of hydrogen-bond donors (Lipinski definition) is 1. The summed E-state index contributed by atoms with van der Waals surface area (Å²) >= 11 is 1.07. The SMILES string of the molecule is O=C(CSc1nnc(-c2ccc3c(c2)cc(-c2ccccc2)n3C(=O)CO[N+](=O)[O-])o1)c1cccc(O)c1. The van der Waals surface area contributed by atoms with E-state index in [1.807, 2.05) is 30.3 Å². The average Bonchev–Trinajstić information content (AvgIpc) is 3.55. The number of carbonyl (C=O) groups is 2. The number of aromatic nitrogens is 3. The predicted molar refractivity (Wildman–Crippen MR) is 137 cm³/mol. The number of rotatable bonds is 9. The minimum Gasteiger partial charge on any atom is -0.508 e. The first-order chi connectivity index (χ1) is 18.4. The van der Waals surface area contributed by atoms with Gasteiger partial charge in [-0.25, -0.2) is 0 Å². The molecular weight excluding hydrogens is 512 g/mol. The molecule has 5 rings (SSSR count). The molecule has 0 fully saturated rings. The molecule has 0 saturated carbocycles. The van der Waals surface area contributed by atoms with Crippen LogP contribution >= 0.6 is 11.8 Å². The van der Waals surface area contributed by atoms with Gasteiger partial charge in [0.15, 0.2) is 12.4 Å². The summed E-state index contributed by atoms with van der Waals surface area (Å²) in [5.41, 5.74) is 2.77. The molecule has 2 heterocycles. The summed E-state index contributed by atoms with van der Waals surface area (Å²) in [6.45, 7) is -0.732. The Kier molecular flexibility index (Phi) is 6.87.